The highest BCUT2D eigenvalue weighted by Gasteiger charge is 2.22. The van der Waals surface area contributed by atoms with Crippen molar-refractivity contribution in [1.29, 1.82) is 0 Å². The first-order valence-electron chi connectivity index (χ1n) is 6.39. The number of fused-ring (bicyclic) bond motifs is 1. The molecule has 0 saturated heterocycles. The number of hydrogen-bond donors (Lipinski definition) is 2. The summed E-state index contributed by atoms with van der Waals surface area (Å²) in [7, 11) is 0. The quantitative estimate of drug-likeness (QED) is 0.825. The predicted octanol–water partition coefficient (Wildman–Crippen LogP) is 3.25. The molecule has 1 aromatic carbocycles. The summed E-state index contributed by atoms with van der Waals surface area (Å²) >= 11 is 5.96. The van der Waals surface area contributed by atoms with Gasteiger partial charge in [-0.1, -0.05) is 19.1 Å². The third-order valence-electron chi connectivity index (χ3n) is 3.44. The number of nitrogens with zero attached hydrogens (tertiary/aromatic N) is 2. The van der Waals surface area contributed by atoms with Gasteiger partial charge in [0, 0.05) is 17.5 Å². The molecule has 0 aliphatic heterocycles. The standard InChI is InChI=1S/C14H18ClN3O/c1-3-14(2,8-9-19)18-12-10-6-4-5-7-11(10)16-13(15)17-12/h4-7,19H,3,8-9H2,1-2H3,(H,16,17,18). The fourth-order valence-corrected chi connectivity index (χ4v) is 2.18. The van der Waals surface area contributed by atoms with Crippen molar-refractivity contribution in [1.82, 2.24) is 9.97 Å². The molecule has 1 unspecified atom stereocenters. The summed E-state index contributed by atoms with van der Waals surface area (Å²) in [5.41, 5.74) is 0.599. The lowest BCUT2D eigenvalue weighted by Gasteiger charge is -2.30. The lowest BCUT2D eigenvalue weighted by Crippen LogP contribution is -2.35. The smallest absolute Gasteiger partial charge is 0.224 e. The maximum Gasteiger partial charge on any atom is 0.224 e. The van der Waals surface area contributed by atoms with Crippen LogP contribution in [0.15, 0.2) is 24.3 Å². The summed E-state index contributed by atoms with van der Waals surface area (Å²) in [4.78, 5) is 8.48. The van der Waals surface area contributed by atoms with Crippen molar-refractivity contribution < 1.29 is 5.11 Å². The van der Waals surface area contributed by atoms with Crippen molar-refractivity contribution in [2.24, 2.45) is 0 Å². The minimum Gasteiger partial charge on any atom is -0.396 e. The Hall–Kier alpha value is -1.39. The summed E-state index contributed by atoms with van der Waals surface area (Å²) in [6, 6.07) is 7.73. The Morgan fingerprint density at radius 1 is 1.32 bits per heavy atom. The van der Waals surface area contributed by atoms with Gasteiger partial charge in [-0.25, -0.2) is 9.97 Å². The number of aliphatic hydroxyl groups is 1. The molecule has 1 heterocycles. The van der Waals surface area contributed by atoms with E-state index >= 15 is 0 Å². The molecule has 1 aromatic heterocycles. The molecule has 2 rings (SSSR count). The van der Waals surface area contributed by atoms with Crippen LogP contribution in [0.4, 0.5) is 5.82 Å². The topological polar surface area (TPSA) is 58.0 Å². The van der Waals surface area contributed by atoms with Gasteiger partial charge < -0.3 is 10.4 Å². The zero-order chi connectivity index (χ0) is 13.9. The summed E-state index contributed by atoms with van der Waals surface area (Å²) in [5, 5.41) is 13.7. The van der Waals surface area contributed by atoms with Crippen LogP contribution in [-0.2, 0) is 0 Å². The Labute approximate surface area is 117 Å². The lowest BCUT2D eigenvalue weighted by molar-refractivity contribution is 0.252. The van der Waals surface area contributed by atoms with E-state index in [2.05, 4.69) is 29.1 Å². The Morgan fingerprint density at radius 2 is 2.05 bits per heavy atom. The second-order valence-corrected chi connectivity index (χ2v) is 5.21. The lowest BCUT2D eigenvalue weighted by atomic mass is 9.95. The molecule has 0 amide bonds. The van der Waals surface area contributed by atoms with E-state index in [1.54, 1.807) is 0 Å². The van der Waals surface area contributed by atoms with Crippen molar-refractivity contribution in [2.75, 3.05) is 11.9 Å². The maximum absolute atomic E-state index is 9.18. The summed E-state index contributed by atoms with van der Waals surface area (Å²) in [5.74, 6) is 0.716. The van der Waals surface area contributed by atoms with Gasteiger partial charge in [0.25, 0.3) is 0 Å². The van der Waals surface area contributed by atoms with Gasteiger partial charge in [0.05, 0.1) is 5.52 Å². The van der Waals surface area contributed by atoms with Crippen LogP contribution in [0.1, 0.15) is 26.7 Å². The average molecular weight is 280 g/mol. The van der Waals surface area contributed by atoms with Gasteiger partial charge >= 0.3 is 0 Å². The minimum atomic E-state index is -0.213. The van der Waals surface area contributed by atoms with Crippen LogP contribution in [0.3, 0.4) is 0 Å². The van der Waals surface area contributed by atoms with E-state index < -0.39 is 0 Å². The molecule has 4 nitrogen and oxygen atoms in total. The Morgan fingerprint density at radius 3 is 2.74 bits per heavy atom. The number of aliphatic hydroxyl groups excluding tert-OH is 1. The molecule has 19 heavy (non-hydrogen) atoms. The molecule has 0 aliphatic rings. The van der Waals surface area contributed by atoms with Crippen LogP contribution < -0.4 is 5.32 Å². The predicted molar refractivity (Wildman–Crippen MR) is 78.6 cm³/mol. The molecule has 1 atom stereocenters. The fourth-order valence-electron chi connectivity index (χ4n) is 2.00. The molecule has 0 radical (unpaired) electrons. The van der Waals surface area contributed by atoms with Crippen LogP contribution in [0.2, 0.25) is 5.28 Å². The molecule has 2 N–H and O–H groups in total. The van der Waals surface area contributed by atoms with Gasteiger partial charge in [-0.15, -0.1) is 0 Å². The number of halogens is 1. The Balaban J connectivity index is 2.44. The molecule has 2 aromatic rings. The first-order chi connectivity index (χ1) is 9.08. The van der Waals surface area contributed by atoms with Gasteiger partial charge in [-0.2, -0.15) is 0 Å². The van der Waals surface area contributed by atoms with Gasteiger partial charge in [0.2, 0.25) is 5.28 Å². The van der Waals surface area contributed by atoms with Crippen molar-refractivity contribution in [3.63, 3.8) is 0 Å². The van der Waals surface area contributed by atoms with Gasteiger partial charge in [-0.3, -0.25) is 0 Å². The molecular weight excluding hydrogens is 262 g/mol. The number of benzene rings is 1. The number of aromatic nitrogens is 2. The third kappa shape index (κ3) is 3.14. The summed E-state index contributed by atoms with van der Waals surface area (Å²) < 4.78 is 0. The molecule has 0 saturated carbocycles. The van der Waals surface area contributed by atoms with Gasteiger partial charge in [-0.05, 0) is 43.5 Å². The van der Waals surface area contributed by atoms with Crippen molar-refractivity contribution >= 4 is 28.3 Å². The van der Waals surface area contributed by atoms with Gasteiger partial charge in [0.15, 0.2) is 0 Å². The van der Waals surface area contributed by atoms with Crippen molar-refractivity contribution in [2.45, 2.75) is 32.2 Å². The van der Waals surface area contributed by atoms with Crippen molar-refractivity contribution in [3.8, 4) is 0 Å². The maximum atomic E-state index is 9.18. The Bertz CT molecular complexity index is 576. The summed E-state index contributed by atoms with van der Waals surface area (Å²) in [6.45, 7) is 4.27. The number of rotatable bonds is 5. The van der Waals surface area contributed by atoms with Crippen LogP contribution >= 0.6 is 11.6 Å². The molecule has 0 bridgehead atoms. The second kappa shape index (κ2) is 5.72. The molecule has 5 heteroatoms. The number of nitrogens with one attached hydrogen (secondary N) is 1. The minimum absolute atomic E-state index is 0.133. The Kier molecular flexibility index (Phi) is 4.22. The van der Waals surface area contributed by atoms with E-state index in [9.17, 15) is 5.11 Å². The van der Waals surface area contributed by atoms with Crippen LogP contribution in [0.5, 0.6) is 0 Å². The van der Waals surface area contributed by atoms with E-state index in [1.165, 1.54) is 0 Å². The molecule has 0 spiro atoms. The first-order valence-corrected chi connectivity index (χ1v) is 6.77. The highest BCUT2D eigenvalue weighted by Crippen LogP contribution is 2.27. The average Bonchev–Trinajstić information content (AvgIpc) is 2.39. The zero-order valence-corrected chi connectivity index (χ0v) is 11.9. The molecular formula is C14H18ClN3O. The fraction of sp³-hybridized carbons (Fsp3) is 0.429. The van der Waals surface area contributed by atoms with Gasteiger partial charge in [0.1, 0.15) is 5.82 Å². The zero-order valence-electron chi connectivity index (χ0n) is 11.2. The van der Waals surface area contributed by atoms with E-state index in [-0.39, 0.29) is 17.4 Å². The van der Waals surface area contributed by atoms with E-state index in [4.69, 9.17) is 11.6 Å². The van der Waals surface area contributed by atoms with Crippen molar-refractivity contribution in [3.05, 3.63) is 29.5 Å². The molecule has 0 aliphatic carbocycles. The molecule has 102 valence electrons. The SMILES string of the molecule is CCC(C)(CCO)Nc1nc(Cl)nc2ccccc12. The molecule has 0 fully saturated rings. The highest BCUT2D eigenvalue weighted by atomic mass is 35.5. The van der Waals surface area contributed by atoms with Crippen LogP contribution in [0, 0.1) is 0 Å². The van der Waals surface area contributed by atoms with Crippen LogP contribution in [-0.4, -0.2) is 27.2 Å². The van der Waals surface area contributed by atoms with E-state index in [0.717, 1.165) is 17.3 Å². The second-order valence-electron chi connectivity index (χ2n) is 4.87. The largest absolute Gasteiger partial charge is 0.396 e. The van der Waals surface area contributed by atoms with Crippen LogP contribution in [0.25, 0.3) is 10.9 Å². The first kappa shape index (κ1) is 14.0. The number of hydrogen-bond acceptors (Lipinski definition) is 4. The number of anilines is 1. The summed E-state index contributed by atoms with van der Waals surface area (Å²) in [6.07, 6.45) is 1.53. The third-order valence-corrected chi connectivity index (χ3v) is 3.61. The van der Waals surface area contributed by atoms with E-state index in [0.29, 0.717) is 12.2 Å². The highest BCUT2D eigenvalue weighted by molar-refractivity contribution is 6.28. The normalized spacial score (nSPS) is 14.3. The monoisotopic (exact) mass is 279 g/mol. The number of para-hydroxylation sites is 1. The van der Waals surface area contributed by atoms with E-state index in [1.807, 2.05) is 24.3 Å².